The predicted octanol–water partition coefficient (Wildman–Crippen LogP) is 1.50. The number of esters is 1. The first kappa shape index (κ1) is 11.2. The predicted molar refractivity (Wildman–Crippen MR) is 55.3 cm³/mol. The molecule has 1 N–H and O–H groups in total. The number of aryl methyl sites for hydroxylation is 1. The van der Waals surface area contributed by atoms with Crippen molar-refractivity contribution in [3.05, 3.63) is 35.9 Å². The monoisotopic (exact) mass is 207 g/mol. The van der Waals surface area contributed by atoms with Gasteiger partial charge in [-0.25, -0.2) is 4.79 Å². The Kier molecular flexibility index (Phi) is 4.34. The summed E-state index contributed by atoms with van der Waals surface area (Å²) in [6.07, 6.45) is 0.0711. The van der Waals surface area contributed by atoms with E-state index >= 15 is 0 Å². The molecule has 0 aliphatic rings. The van der Waals surface area contributed by atoms with Crippen LogP contribution in [0.2, 0.25) is 0 Å². The Balaban J connectivity index is 2.32. The van der Waals surface area contributed by atoms with Crippen LogP contribution in [-0.4, -0.2) is 19.1 Å². The summed E-state index contributed by atoms with van der Waals surface area (Å²) in [4.78, 5) is 21.8. The summed E-state index contributed by atoms with van der Waals surface area (Å²) in [5.41, 5.74) is 1.05. The standard InChI is InChI=1S/C11H13NO3/c1-12-11(14)15-10(13)8-7-9-5-3-2-4-6-9/h2-6H,7-8H2,1H3,(H,12,14). The molecule has 80 valence electrons. The Bertz CT molecular complexity index is 335. The van der Waals surface area contributed by atoms with Gasteiger partial charge in [0.25, 0.3) is 0 Å². The molecule has 0 unspecified atom stereocenters. The van der Waals surface area contributed by atoms with E-state index in [9.17, 15) is 9.59 Å². The Labute approximate surface area is 88.2 Å². The topological polar surface area (TPSA) is 55.4 Å². The fourth-order valence-corrected chi connectivity index (χ4v) is 1.10. The zero-order valence-corrected chi connectivity index (χ0v) is 8.53. The quantitative estimate of drug-likeness (QED) is 0.603. The van der Waals surface area contributed by atoms with Gasteiger partial charge in [0.2, 0.25) is 0 Å². The first-order valence-corrected chi connectivity index (χ1v) is 4.68. The van der Waals surface area contributed by atoms with Gasteiger partial charge in [0.05, 0.1) is 6.42 Å². The van der Waals surface area contributed by atoms with Crippen molar-refractivity contribution in [2.75, 3.05) is 7.05 Å². The molecule has 0 bridgehead atoms. The van der Waals surface area contributed by atoms with Crippen molar-refractivity contribution >= 4 is 12.1 Å². The van der Waals surface area contributed by atoms with Crippen molar-refractivity contribution < 1.29 is 14.3 Å². The van der Waals surface area contributed by atoms with E-state index in [1.807, 2.05) is 30.3 Å². The van der Waals surface area contributed by atoms with Crippen LogP contribution in [0, 0.1) is 0 Å². The lowest BCUT2D eigenvalue weighted by molar-refractivity contribution is -0.137. The molecular formula is C11H13NO3. The smallest absolute Gasteiger partial charge is 0.376 e. The highest BCUT2D eigenvalue weighted by Gasteiger charge is 2.07. The molecule has 0 atom stereocenters. The Hall–Kier alpha value is -1.84. The lowest BCUT2D eigenvalue weighted by atomic mass is 10.1. The molecule has 15 heavy (non-hydrogen) atoms. The highest BCUT2D eigenvalue weighted by Crippen LogP contribution is 2.03. The largest absolute Gasteiger partial charge is 0.414 e. The van der Waals surface area contributed by atoms with Gasteiger partial charge in [-0.2, -0.15) is 0 Å². The summed E-state index contributed by atoms with van der Waals surface area (Å²) in [7, 11) is 1.41. The minimum Gasteiger partial charge on any atom is -0.376 e. The summed E-state index contributed by atoms with van der Waals surface area (Å²) >= 11 is 0. The van der Waals surface area contributed by atoms with E-state index < -0.39 is 12.1 Å². The second-order valence-electron chi connectivity index (χ2n) is 3.00. The van der Waals surface area contributed by atoms with Crippen LogP contribution in [0.1, 0.15) is 12.0 Å². The van der Waals surface area contributed by atoms with Crippen molar-refractivity contribution in [2.45, 2.75) is 12.8 Å². The van der Waals surface area contributed by atoms with Crippen LogP contribution >= 0.6 is 0 Å². The minimum atomic E-state index is -0.715. The van der Waals surface area contributed by atoms with Crippen molar-refractivity contribution in [3.63, 3.8) is 0 Å². The number of alkyl carbamates (subject to hydrolysis) is 1. The van der Waals surface area contributed by atoms with E-state index in [0.717, 1.165) is 5.56 Å². The van der Waals surface area contributed by atoms with Gasteiger partial charge in [-0.15, -0.1) is 0 Å². The van der Waals surface area contributed by atoms with E-state index in [1.54, 1.807) is 0 Å². The van der Waals surface area contributed by atoms with E-state index in [-0.39, 0.29) is 6.42 Å². The van der Waals surface area contributed by atoms with Crippen molar-refractivity contribution in [1.29, 1.82) is 0 Å². The van der Waals surface area contributed by atoms with Crippen LogP contribution < -0.4 is 5.32 Å². The number of carbonyl (C=O) groups is 2. The van der Waals surface area contributed by atoms with E-state index in [2.05, 4.69) is 10.1 Å². The molecule has 1 rings (SSSR count). The van der Waals surface area contributed by atoms with E-state index in [0.29, 0.717) is 6.42 Å². The van der Waals surface area contributed by atoms with Gasteiger partial charge in [0.15, 0.2) is 0 Å². The highest BCUT2D eigenvalue weighted by atomic mass is 16.6. The molecule has 0 saturated heterocycles. The molecule has 0 saturated carbocycles. The van der Waals surface area contributed by atoms with Gasteiger partial charge in [0.1, 0.15) is 0 Å². The van der Waals surface area contributed by atoms with Crippen LogP contribution in [0.3, 0.4) is 0 Å². The molecular weight excluding hydrogens is 194 g/mol. The number of ether oxygens (including phenoxy) is 1. The molecule has 4 heteroatoms. The normalized spacial score (nSPS) is 9.40. The number of benzene rings is 1. The van der Waals surface area contributed by atoms with Gasteiger partial charge in [-0.05, 0) is 12.0 Å². The average molecular weight is 207 g/mol. The Morgan fingerprint density at radius 1 is 1.27 bits per heavy atom. The molecule has 1 amide bonds. The number of hydrogen-bond donors (Lipinski definition) is 1. The summed E-state index contributed by atoms with van der Waals surface area (Å²) in [6.45, 7) is 0. The lowest BCUT2D eigenvalue weighted by Crippen LogP contribution is -2.23. The number of nitrogens with one attached hydrogen (secondary N) is 1. The molecule has 0 heterocycles. The van der Waals surface area contributed by atoms with Crippen molar-refractivity contribution in [3.8, 4) is 0 Å². The SMILES string of the molecule is CNC(=O)OC(=O)CCc1ccccc1. The van der Waals surface area contributed by atoms with Crippen LogP contribution in [0.25, 0.3) is 0 Å². The van der Waals surface area contributed by atoms with Crippen molar-refractivity contribution in [1.82, 2.24) is 5.32 Å². The number of hydrogen-bond acceptors (Lipinski definition) is 3. The molecule has 0 aromatic heterocycles. The zero-order valence-electron chi connectivity index (χ0n) is 8.53. The lowest BCUT2D eigenvalue weighted by Gasteiger charge is -2.01. The van der Waals surface area contributed by atoms with E-state index in [1.165, 1.54) is 7.05 Å². The van der Waals surface area contributed by atoms with Crippen LogP contribution in [0.4, 0.5) is 4.79 Å². The van der Waals surface area contributed by atoms with Gasteiger partial charge >= 0.3 is 12.1 Å². The van der Waals surface area contributed by atoms with Crippen LogP contribution in [0.5, 0.6) is 0 Å². The van der Waals surface area contributed by atoms with Gasteiger partial charge in [0, 0.05) is 7.05 Å². The maximum atomic E-state index is 11.1. The molecule has 0 spiro atoms. The number of rotatable bonds is 3. The summed E-state index contributed by atoms with van der Waals surface area (Å²) in [5.74, 6) is -0.516. The highest BCUT2D eigenvalue weighted by molar-refractivity contribution is 5.84. The maximum Gasteiger partial charge on any atom is 0.414 e. The summed E-state index contributed by atoms with van der Waals surface area (Å²) in [5, 5.41) is 2.21. The van der Waals surface area contributed by atoms with Gasteiger partial charge in [-0.1, -0.05) is 30.3 Å². The van der Waals surface area contributed by atoms with E-state index in [4.69, 9.17) is 0 Å². The molecule has 0 aliphatic carbocycles. The Morgan fingerprint density at radius 2 is 1.93 bits per heavy atom. The second kappa shape index (κ2) is 5.80. The summed E-state index contributed by atoms with van der Waals surface area (Å²) in [6, 6.07) is 9.56. The number of amides is 1. The summed E-state index contributed by atoms with van der Waals surface area (Å²) < 4.78 is 4.43. The average Bonchev–Trinajstić information content (AvgIpc) is 2.27. The third-order valence-corrected chi connectivity index (χ3v) is 1.87. The van der Waals surface area contributed by atoms with Gasteiger partial charge < -0.3 is 10.1 Å². The van der Waals surface area contributed by atoms with Crippen molar-refractivity contribution in [2.24, 2.45) is 0 Å². The fraction of sp³-hybridized carbons (Fsp3) is 0.273. The molecule has 1 aromatic carbocycles. The minimum absolute atomic E-state index is 0.206. The van der Waals surface area contributed by atoms with Gasteiger partial charge in [-0.3, -0.25) is 4.79 Å². The first-order valence-electron chi connectivity index (χ1n) is 4.68. The molecule has 0 aliphatic heterocycles. The molecule has 4 nitrogen and oxygen atoms in total. The number of carbonyl (C=O) groups excluding carboxylic acids is 2. The van der Waals surface area contributed by atoms with Crippen LogP contribution in [0.15, 0.2) is 30.3 Å². The Morgan fingerprint density at radius 3 is 2.53 bits per heavy atom. The molecule has 0 fully saturated rings. The first-order chi connectivity index (χ1) is 7.22. The van der Waals surface area contributed by atoms with Crippen LogP contribution in [-0.2, 0) is 16.0 Å². The maximum absolute atomic E-state index is 11.1. The molecule has 0 radical (unpaired) electrons. The second-order valence-corrected chi connectivity index (χ2v) is 3.00. The third-order valence-electron chi connectivity index (χ3n) is 1.87. The third kappa shape index (κ3) is 4.26. The molecule has 1 aromatic rings. The fourth-order valence-electron chi connectivity index (χ4n) is 1.10. The zero-order chi connectivity index (χ0) is 11.1.